The molecule has 1 heterocycles. The van der Waals surface area contributed by atoms with E-state index in [0.717, 1.165) is 5.39 Å². The van der Waals surface area contributed by atoms with Gasteiger partial charge in [0.2, 0.25) is 0 Å². The highest BCUT2D eigenvalue weighted by molar-refractivity contribution is 6.37. The number of carbonyl (C=O) groups excluding carboxylic acids is 1. The van der Waals surface area contributed by atoms with Gasteiger partial charge in [0.1, 0.15) is 17.9 Å². The fraction of sp³-hybridized carbons (Fsp3) is 0.120. The van der Waals surface area contributed by atoms with E-state index in [1.165, 1.54) is 18.3 Å². The number of amides is 1. The van der Waals surface area contributed by atoms with Crippen LogP contribution < -0.4 is 14.9 Å². The van der Waals surface area contributed by atoms with E-state index >= 15 is 0 Å². The Balaban J connectivity index is 1.40. The van der Waals surface area contributed by atoms with Crippen LogP contribution in [-0.4, -0.2) is 23.7 Å². The molecule has 36 heavy (non-hydrogen) atoms. The van der Waals surface area contributed by atoms with E-state index in [2.05, 4.69) is 10.5 Å². The number of non-ortho nitro benzene ring substituents is 1. The van der Waals surface area contributed by atoms with Crippen molar-refractivity contribution in [3.8, 4) is 11.5 Å². The Kier molecular flexibility index (Phi) is 7.72. The lowest BCUT2D eigenvalue weighted by molar-refractivity contribution is -0.384. The highest BCUT2D eigenvalue weighted by atomic mass is 35.5. The number of hydrogen-bond donors (Lipinski definition) is 1. The summed E-state index contributed by atoms with van der Waals surface area (Å²) in [6.45, 7) is 2.45. The van der Waals surface area contributed by atoms with Gasteiger partial charge in [0, 0.05) is 17.5 Å². The van der Waals surface area contributed by atoms with Gasteiger partial charge in [-0.1, -0.05) is 35.3 Å². The quantitative estimate of drug-likeness (QED) is 0.153. The third-order valence-corrected chi connectivity index (χ3v) is 5.49. The highest BCUT2D eigenvalue weighted by Crippen LogP contribution is 2.34. The molecule has 3 aromatic carbocycles. The Morgan fingerprint density at radius 3 is 2.61 bits per heavy atom. The Labute approximate surface area is 215 Å². The second kappa shape index (κ2) is 11.1. The molecule has 0 unspecified atom stereocenters. The van der Waals surface area contributed by atoms with E-state index in [9.17, 15) is 14.9 Å². The molecule has 0 fully saturated rings. The Morgan fingerprint density at radius 1 is 1.11 bits per heavy atom. The summed E-state index contributed by atoms with van der Waals surface area (Å²) in [7, 11) is 0. The van der Waals surface area contributed by atoms with E-state index in [-0.39, 0.29) is 33.8 Å². The molecular weight excluding hydrogens is 509 g/mol. The van der Waals surface area contributed by atoms with Gasteiger partial charge >= 0.3 is 5.91 Å². The molecule has 0 saturated carbocycles. The van der Waals surface area contributed by atoms with Crippen LogP contribution in [0.5, 0.6) is 11.5 Å². The van der Waals surface area contributed by atoms with Gasteiger partial charge in [-0.25, -0.2) is 5.43 Å². The number of hydrazone groups is 1. The summed E-state index contributed by atoms with van der Waals surface area (Å²) >= 11 is 12.6. The van der Waals surface area contributed by atoms with Crippen LogP contribution in [0, 0.1) is 10.1 Å². The minimum Gasteiger partial charge on any atom is -0.494 e. The normalized spacial score (nSPS) is 11.1. The average molecular weight is 528 g/mol. The molecule has 0 aliphatic rings. The SMILES string of the molecule is CCOc1ccc2oc(C(=O)N/N=C/c3cc(Cl)c(OCc4cccc([N+](=O)[O-])c4)c(Cl)c3)cc2c1. The van der Waals surface area contributed by atoms with Crippen LogP contribution in [0.1, 0.15) is 28.6 Å². The number of nitro benzene ring substituents is 1. The molecule has 0 spiro atoms. The lowest BCUT2D eigenvalue weighted by Crippen LogP contribution is -2.16. The average Bonchev–Trinajstić information content (AvgIpc) is 3.27. The molecule has 0 radical (unpaired) electrons. The van der Waals surface area contributed by atoms with E-state index in [1.807, 2.05) is 6.92 Å². The number of halogens is 2. The van der Waals surface area contributed by atoms with E-state index < -0.39 is 10.8 Å². The van der Waals surface area contributed by atoms with Gasteiger partial charge in [0.15, 0.2) is 11.5 Å². The molecule has 1 aromatic heterocycles. The van der Waals surface area contributed by atoms with Crippen molar-refractivity contribution in [3.05, 3.63) is 97.7 Å². The monoisotopic (exact) mass is 527 g/mol. The first-order valence-corrected chi connectivity index (χ1v) is 11.4. The molecular formula is C25H19Cl2N3O6. The van der Waals surface area contributed by atoms with Crippen molar-refractivity contribution in [2.45, 2.75) is 13.5 Å². The van der Waals surface area contributed by atoms with Crippen molar-refractivity contribution in [1.82, 2.24) is 5.43 Å². The zero-order valence-corrected chi connectivity index (χ0v) is 20.4. The molecule has 4 rings (SSSR count). The Morgan fingerprint density at radius 2 is 1.89 bits per heavy atom. The second-order valence-electron chi connectivity index (χ2n) is 7.47. The number of hydrogen-bond acceptors (Lipinski definition) is 7. The summed E-state index contributed by atoms with van der Waals surface area (Å²) in [5.74, 6) is 0.466. The van der Waals surface area contributed by atoms with Crippen LogP contribution >= 0.6 is 23.2 Å². The number of ether oxygens (including phenoxy) is 2. The largest absolute Gasteiger partial charge is 0.494 e. The lowest BCUT2D eigenvalue weighted by atomic mass is 10.2. The molecule has 1 N–H and O–H groups in total. The van der Waals surface area contributed by atoms with Gasteiger partial charge in [-0.05, 0) is 54.4 Å². The fourth-order valence-electron chi connectivity index (χ4n) is 3.32. The maximum atomic E-state index is 12.4. The number of carbonyl (C=O) groups is 1. The molecule has 0 aliphatic heterocycles. The smallest absolute Gasteiger partial charge is 0.307 e. The first kappa shape index (κ1) is 25.0. The zero-order chi connectivity index (χ0) is 25.7. The van der Waals surface area contributed by atoms with E-state index in [4.69, 9.17) is 37.1 Å². The summed E-state index contributed by atoms with van der Waals surface area (Å²) in [5, 5.41) is 16.0. The van der Waals surface area contributed by atoms with Crippen molar-refractivity contribution in [2.24, 2.45) is 5.10 Å². The summed E-state index contributed by atoms with van der Waals surface area (Å²) < 4.78 is 16.7. The topological polar surface area (TPSA) is 116 Å². The highest BCUT2D eigenvalue weighted by Gasteiger charge is 2.14. The molecule has 9 nitrogen and oxygen atoms in total. The summed E-state index contributed by atoms with van der Waals surface area (Å²) in [4.78, 5) is 22.9. The molecule has 0 atom stereocenters. The maximum absolute atomic E-state index is 12.4. The second-order valence-corrected chi connectivity index (χ2v) is 8.29. The standard InChI is InChI=1S/C25H19Cl2N3O6/c1-2-34-19-6-7-22-17(11-19)12-23(36-22)25(31)29-28-13-16-9-20(26)24(21(27)10-16)35-14-15-4-3-5-18(8-15)30(32)33/h3-13H,2,14H2,1H3,(H,29,31)/b28-13+. The third kappa shape index (κ3) is 5.94. The van der Waals surface area contributed by atoms with Gasteiger partial charge in [0.05, 0.1) is 27.8 Å². The minimum absolute atomic E-state index is 0.0359. The van der Waals surface area contributed by atoms with Crippen molar-refractivity contribution >= 4 is 52.0 Å². The molecule has 184 valence electrons. The first-order valence-electron chi connectivity index (χ1n) is 10.7. The third-order valence-electron chi connectivity index (χ3n) is 4.93. The lowest BCUT2D eigenvalue weighted by Gasteiger charge is -2.11. The van der Waals surface area contributed by atoms with Gasteiger partial charge in [-0.15, -0.1) is 0 Å². The van der Waals surface area contributed by atoms with Gasteiger partial charge < -0.3 is 13.9 Å². The first-order chi connectivity index (χ1) is 17.3. The van der Waals surface area contributed by atoms with Crippen molar-refractivity contribution in [1.29, 1.82) is 0 Å². The fourth-order valence-corrected chi connectivity index (χ4v) is 3.93. The summed E-state index contributed by atoms with van der Waals surface area (Å²) in [5.41, 5.74) is 4.00. The van der Waals surface area contributed by atoms with Crippen LogP contribution in [-0.2, 0) is 6.61 Å². The van der Waals surface area contributed by atoms with Crippen LogP contribution in [0.2, 0.25) is 10.0 Å². The molecule has 11 heteroatoms. The van der Waals surface area contributed by atoms with Crippen molar-refractivity contribution < 1.29 is 23.6 Å². The van der Waals surface area contributed by atoms with E-state index in [0.29, 0.717) is 29.1 Å². The summed E-state index contributed by atoms with van der Waals surface area (Å²) in [6.07, 6.45) is 1.37. The van der Waals surface area contributed by atoms with Crippen LogP contribution in [0.3, 0.4) is 0 Å². The number of rotatable bonds is 9. The van der Waals surface area contributed by atoms with Gasteiger partial charge in [-0.3, -0.25) is 14.9 Å². The maximum Gasteiger partial charge on any atom is 0.307 e. The van der Waals surface area contributed by atoms with Crippen LogP contribution in [0.4, 0.5) is 5.69 Å². The van der Waals surface area contributed by atoms with Crippen LogP contribution in [0.15, 0.2) is 70.2 Å². The van der Waals surface area contributed by atoms with Crippen LogP contribution in [0.25, 0.3) is 11.0 Å². The summed E-state index contributed by atoms with van der Waals surface area (Å²) in [6, 6.07) is 16.1. The van der Waals surface area contributed by atoms with E-state index in [1.54, 1.807) is 48.5 Å². The predicted molar refractivity (Wildman–Crippen MR) is 136 cm³/mol. The molecule has 0 bridgehead atoms. The number of fused-ring (bicyclic) bond motifs is 1. The Bertz CT molecular complexity index is 1440. The van der Waals surface area contributed by atoms with Crippen molar-refractivity contribution in [3.63, 3.8) is 0 Å². The predicted octanol–water partition coefficient (Wildman–Crippen LogP) is 6.39. The molecule has 0 aliphatic carbocycles. The molecule has 4 aromatic rings. The Hall–Kier alpha value is -4.08. The van der Waals surface area contributed by atoms with Gasteiger partial charge in [-0.2, -0.15) is 5.10 Å². The van der Waals surface area contributed by atoms with Gasteiger partial charge in [0.25, 0.3) is 5.69 Å². The number of benzene rings is 3. The zero-order valence-electron chi connectivity index (χ0n) is 18.9. The number of furan rings is 1. The minimum atomic E-state index is -0.533. The van der Waals surface area contributed by atoms with Crippen molar-refractivity contribution in [2.75, 3.05) is 6.61 Å². The number of nitrogens with zero attached hydrogens (tertiary/aromatic N) is 2. The number of nitrogens with one attached hydrogen (secondary N) is 1. The molecule has 0 saturated heterocycles. The number of nitro groups is 1. The molecule has 1 amide bonds.